The lowest BCUT2D eigenvalue weighted by molar-refractivity contribution is -0.135. The minimum absolute atomic E-state index is 0.0190. The zero-order valence-corrected chi connectivity index (χ0v) is 16.3. The first-order chi connectivity index (χ1) is 13.6. The van der Waals surface area contributed by atoms with Crippen molar-refractivity contribution in [3.8, 4) is 5.75 Å². The molecule has 2 aliphatic heterocycles. The summed E-state index contributed by atoms with van der Waals surface area (Å²) in [6.07, 6.45) is 2.53. The summed E-state index contributed by atoms with van der Waals surface area (Å²) in [7, 11) is 1.63. The smallest absolute Gasteiger partial charge is 0.254 e. The number of carbonyl (C=O) groups is 2. The van der Waals surface area contributed by atoms with Gasteiger partial charge in [-0.3, -0.25) is 9.59 Å². The highest BCUT2D eigenvalue weighted by atomic mass is 16.5. The number of hydrogen-bond donors (Lipinski definition) is 1. The largest absolute Gasteiger partial charge is 0.496 e. The molecule has 2 aromatic carbocycles. The molecule has 2 heterocycles. The molecule has 6 heteroatoms. The van der Waals surface area contributed by atoms with E-state index in [4.69, 9.17) is 10.5 Å². The summed E-state index contributed by atoms with van der Waals surface area (Å²) in [4.78, 5) is 29.9. The van der Waals surface area contributed by atoms with Crippen molar-refractivity contribution in [2.24, 2.45) is 11.7 Å². The Hall–Kier alpha value is -2.60. The Morgan fingerprint density at radius 1 is 1.00 bits per heavy atom. The van der Waals surface area contributed by atoms with E-state index >= 15 is 0 Å². The third-order valence-electron chi connectivity index (χ3n) is 5.93. The lowest BCUT2D eigenvalue weighted by Crippen LogP contribution is -2.46. The normalized spacial score (nSPS) is 22.5. The predicted molar refractivity (Wildman–Crippen MR) is 108 cm³/mol. The second-order valence-corrected chi connectivity index (χ2v) is 7.78. The summed E-state index contributed by atoms with van der Waals surface area (Å²) >= 11 is 0. The lowest BCUT2D eigenvalue weighted by Gasteiger charge is -2.34. The molecule has 4 rings (SSSR count). The summed E-state index contributed by atoms with van der Waals surface area (Å²) in [5, 5.41) is 1.80. The highest BCUT2D eigenvalue weighted by Crippen LogP contribution is 2.30. The summed E-state index contributed by atoms with van der Waals surface area (Å²) < 4.78 is 5.44. The first-order valence-electron chi connectivity index (χ1n) is 9.98. The van der Waals surface area contributed by atoms with Gasteiger partial charge in [-0.2, -0.15) is 0 Å². The number of hydrogen-bond acceptors (Lipinski definition) is 4. The highest BCUT2D eigenvalue weighted by Gasteiger charge is 2.34. The van der Waals surface area contributed by atoms with Crippen molar-refractivity contribution in [3.05, 3.63) is 42.0 Å². The average Bonchev–Trinajstić information content (AvgIpc) is 3.18. The van der Waals surface area contributed by atoms with E-state index in [0.29, 0.717) is 25.2 Å². The first kappa shape index (κ1) is 18.7. The molecule has 28 heavy (non-hydrogen) atoms. The van der Waals surface area contributed by atoms with Crippen LogP contribution in [0.15, 0.2) is 36.4 Å². The minimum Gasteiger partial charge on any atom is -0.496 e. The summed E-state index contributed by atoms with van der Waals surface area (Å²) in [6.45, 7) is 2.52. The SMILES string of the molecule is COc1ccc(C(=O)N2CCC[C@H](C(=O)N3CC[C@H](N)C3)C2)c2ccccc12. The van der Waals surface area contributed by atoms with E-state index in [1.807, 2.05) is 46.2 Å². The second-order valence-electron chi connectivity index (χ2n) is 7.78. The predicted octanol–water partition coefficient (Wildman–Crippen LogP) is 2.26. The van der Waals surface area contributed by atoms with Crippen molar-refractivity contribution in [1.29, 1.82) is 0 Å². The molecule has 2 amide bonds. The fourth-order valence-electron chi connectivity index (χ4n) is 4.42. The maximum absolute atomic E-state index is 13.3. The zero-order valence-electron chi connectivity index (χ0n) is 16.3. The molecule has 0 bridgehead atoms. The van der Waals surface area contributed by atoms with Crippen LogP contribution in [0.25, 0.3) is 10.8 Å². The van der Waals surface area contributed by atoms with Crippen molar-refractivity contribution in [2.45, 2.75) is 25.3 Å². The molecule has 0 saturated carbocycles. The molecule has 148 valence electrons. The Bertz CT molecular complexity index is 898. The third-order valence-corrected chi connectivity index (χ3v) is 5.93. The van der Waals surface area contributed by atoms with E-state index in [1.165, 1.54) is 0 Å². The number of ether oxygens (including phenoxy) is 1. The van der Waals surface area contributed by atoms with Gasteiger partial charge >= 0.3 is 0 Å². The van der Waals surface area contributed by atoms with Crippen LogP contribution in [0.3, 0.4) is 0 Å². The molecule has 0 aliphatic carbocycles. The number of nitrogens with two attached hydrogens (primary N) is 1. The van der Waals surface area contributed by atoms with Crippen LogP contribution in [-0.4, -0.2) is 60.9 Å². The molecule has 2 aliphatic rings. The number of fused-ring (bicyclic) bond motifs is 1. The maximum Gasteiger partial charge on any atom is 0.254 e. The first-order valence-corrected chi connectivity index (χ1v) is 9.98. The molecular weight excluding hydrogens is 354 g/mol. The van der Waals surface area contributed by atoms with Gasteiger partial charge in [0, 0.05) is 43.2 Å². The van der Waals surface area contributed by atoms with E-state index in [-0.39, 0.29) is 23.8 Å². The molecule has 0 unspecified atom stereocenters. The number of rotatable bonds is 3. The van der Waals surface area contributed by atoms with Crippen LogP contribution in [0.5, 0.6) is 5.75 Å². The highest BCUT2D eigenvalue weighted by molar-refractivity contribution is 6.08. The van der Waals surface area contributed by atoms with E-state index in [0.717, 1.165) is 42.3 Å². The standard InChI is InChI=1S/C22H27N3O3/c1-28-20-9-8-19(17-6-2-3-7-18(17)20)22(27)24-11-4-5-15(13-24)21(26)25-12-10-16(23)14-25/h2-3,6-9,15-16H,4-5,10-14,23H2,1H3/t15-,16-/m0/s1. The van der Waals surface area contributed by atoms with Gasteiger partial charge in [-0.1, -0.05) is 24.3 Å². The summed E-state index contributed by atoms with van der Waals surface area (Å²) in [5.74, 6) is 0.747. The molecule has 2 aromatic rings. The monoisotopic (exact) mass is 381 g/mol. The van der Waals surface area contributed by atoms with Gasteiger partial charge in [-0.15, -0.1) is 0 Å². The molecule has 0 aromatic heterocycles. The third kappa shape index (κ3) is 3.44. The van der Waals surface area contributed by atoms with Gasteiger partial charge in [-0.25, -0.2) is 0 Å². The van der Waals surface area contributed by atoms with Crippen molar-refractivity contribution in [2.75, 3.05) is 33.3 Å². The zero-order chi connectivity index (χ0) is 19.7. The Morgan fingerprint density at radius 3 is 2.50 bits per heavy atom. The van der Waals surface area contributed by atoms with Crippen LogP contribution in [0, 0.1) is 5.92 Å². The second kappa shape index (κ2) is 7.80. The topological polar surface area (TPSA) is 75.9 Å². The van der Waals surface area contributed by atoms with Crippen LogP contribution in [0.2, 0.25) is 0 Å². The Kier molecular flexibility index (Phi) is 5.22. The van der Waals surface area contributed by atoms with E-state index in [9.17, 15) is 9.59 Å². The molecule has 2 saturated heterocycles. The van der Waals surface area contributed by atoms with Crippen LogP contribution in [0.1, 0.15) is 29.6 Å². The number of piperidine rings is 1. The number of nitrogens with zero attached hydrogens (tertiary/aromatic N) is 2. The van der Waals surface area contributed by atoms with Gasteiger partial charge in [0.2, 0.25) is 5.91 Å². The minimum atomic E-state index is -0.132. The lowest BCUT2D eigenvalue weighted by atomic mass is 9.95. The fourth-order valence-corrected chi connectivity index (χ4v) is 4.42. The fraction of sp³-hybridized carbons (Fsp3) is 0.455. The molecule has 0 radical (unpaired) electrons. The van der Waals surface area contributed by atoms with Gasteiger partial charge in [0.05, 0.1) is 13.0 Å². The Morgan fingerprint density at radius 2 is 1.79 bits per heavy atom. The average molecular weight is 381 g/mol. The number of carbonyl (C=O) groups excluding carboxylic acids is 2. The quantitative estimate of drug-likeness (QED) is 0.885. The number of likely N-dealkylation sites (tertiary alicyclic amines) is 2. The van der Waals surface area contributed by atoms with Gasteiger partial charge in [0.15, 0.2) is 0 Å². The molecule has 2 fully saturated rings. The molecular formula is C22H27N3O3. The van der Waals surface area contributed by atoms with E-state index in [1.54, 1.807) is 7.11 Å². The van der Waals surface area contributed by atoms with E-state index in [2.05, 4.69) is 0 Å². The van der Waals surface area contributed by atoms with Crippen molar-refractivity contribution in [3.63, 3.8) is 0 Å². The van der Waals surface area contributed by atoms with Crippen molar-refractivity contribution >= 4 is 22.6 Å². The Labute approximate surface area is 165 Å². The van der Waals surface area contributed by atoms with Crippen molar-refractivity contribution < 1.29 is 14.3 Å². The van der Waals surface area contributed by atoms with Gasteiger partial charge in [0.1, 0.15) is 5.75 Å². The van der Waals surface area contributed by atoms with Gasteiger partial charge in [0.25, 0.3) is 5.91 Å². The van der Waals surface area contributed by atoms with Gasteiger partial charge < -0.3 is 20.3 Å². The van der Waals surface area contributed by atoms with Crippen LogP contribution >= 0.6 is 0 Å². The van der Waals surface area contributed by atoms with Gasteiger partial charge in [-0.05, 0) is 36.8 Å². The number of amides is 2. The number of benzene rings is 2. The summed E-state index contributed by atoms with van der Waals surface area (Å²) in [5.41, 5.74) is 6.61. The summed E-state index contributed by atoms with van der Waals surface area (Å²) in [6, 6.07) is 11.5. The van der Waals surface area contributed by atoms with Crippen LogP contribution in [0.4, 0.5) is 0 Å². The molecule has 0 spiro atoms. The van der Waals surface area contributed by atoms with Crippen LogP contribution in [-0.2, 0) is 4.79 Å². The maximum atomic E-state index is 13.3. The number of methoxy groups -OCH3 is 1. The van der Waals surface area contributed by atoms with Crippen LogP contribution < -0.4 is 10.5 Å². The van der Waals surface area contributed by atoms with E-state index < -0.39 is 0 Å². The molecule has 2 N–H and O–H groups in total. The molecule has 2 atom stereocenters. The molecule has 6 nitrogen and oxygen atoms in total. The van der Waals surface area contributed by atoms with Crippen molar-refractivity contribution in [1.82, 2.24) is 9.80 Å². The Balaban J connectivity index is 1.55.